The molecule has 2 amide bonds. The molecule has 4 atom stereocenters. The SMILES string of the molecule is O=C(c1ccccc1)[C@@H]1[C@@H]2C(=O)N(c3cccc(F)c3)C(=O)[C@H]2[C@H]2C=CC=NN21. The third-order valence-electron chi connectivity index (χ3n) is 5.68. The van der Waals surface area contributed by atoms with Gasteiger partial charge in [0, 0.05) is 11.8 Å². The highest BCUT2D eigenvalue weighted by Crippen LogP contribution is 2.46. The van der Waals surface area contributed by atoms with Crippen molar-refractivity contribution >= 4 is 29.5 Å². The van der Waals surface area contributed by atoms with Gasteiger partial charge in [-0.2, -0.15) is 5.10 Å². The fourth-order valence-corrected chi connectivity index (χ4v) is 4.48. The predicted molar refractivity (Wildman–Crippen MR) is 104 cm³/mol. The second-order valence-corrected chi connectivity index (χ2v) is 7.24. The Morgan fingerprint density at radius 3 is 2.48 bits per heavy atom. The molecule has 0 N–H and O–H groups in total. The van der Waals surface area contributed by atoms with Gasteiger partial charge in [-0.25, -0.2) is 9.29 Å². The number of carbonyl (C=O) groups excluding carboxylic acids is 3. The summed E-state index contributed by atoms with van der Waals surface area (Å²) in [5.41, 5.74) is 0.626. The van der Waals surface area contributed by atoms with Crippen LogP contribution in [-0.2, 0) is 9.59 Å². The van der Waals surface area contributed by atoms with Crippen LogP contribution in [-0.4, -0.2) is 40.9 Å². The van der Waals surface area contributed by atoms with E-state index >= 15 is 0 Å². The highest BCUT2D eigenvalue weighted by molar-refractivity contribution is 6.24. The fourth-order valence-electron chi connectivity index (χ4n) is 4.48. The number of fused-ring (bicyclic) bond motifs is 3. The topological polar surface area (TPSA) is 70.0 Å². The van der Waals surface area contributed by atoms with Crippen LogP contribution in [0, 0.1) is 17.7 Å². The molecule has 0 radical (unpaired) electrons. The van der Waals surface area contributed by atoms with Crippen LogP contribution in [0.1, 0.15) is 10.4 Å². The molecule has 0 bridgehead atoms. The van der Waals surface area contributed by atoms with E-state index in [1.807, 2.05) is 0 Å². The number of hydrazone groups is 1. The lowest BCUT2D eigenvalue weighted by Gasteiger charge is -2.30. The van der Waals surface area contributed by atoms with Gasteiger partial charge < -0.3 is 0 Å². The molecule has 2 aromatic rings. The Bertz CT molecular complexity index is 1080. The highest BCUT2D eigenvalue weighted by atomic mass is 19.1. The molecule has 2 fully saturated rings. The number of hydrogen-bond donors (Lipinski definition) is 0. The smallest absolute Gasteiger partial charge is 0.240 e. The lowest BCUT2D eigenvalue weighted by Crippen LogP contribution is -2.46. The number of rotatable bonds is 3. The predicted octanol–water partition coefficient (Wildman–Crippen LogP) is 2.42. The van der Waals surface area contributed by atoms with Gasteiger partial charge in [0.25, 0.3) is 0 Å². The van der Waals surface area contributed by atoms with Crippen LogP contribution in [0.2, 0.25) is 0 Å². The number of amides is 2. The molecule has 2 aromatic carbocycles. The van der Waals surface area contributed by atoms with Gasteiger partial charge in [-0.15, -0.1) is 0 Å². The minimum absolute atomic E-state index is 0.176. The molecule has 3 aliphatic rings. The zero-order valence-corrected chi connectivity index (χ0v) is 15.2. The van der Waals surface area contributed by atoms with Gasteiger partial charge in [0.15, 0.2) is 5.78 Å². The first-order chi connectivity index (χ1) is 14.1. The summed E-state index contributed by atoms with van der Waals surface area (Å²) in [7, 11) is 0. The number of anilines is 1. The van der Waals surface area contributed by atoms with Gasteiger partial charge in [0.2, 0.25) is 11.8 Å². The summed E-state index contributed by atoms with van der Waals surface area (Å²) in [5.74, 6) is -3.39. The second-order valence-electron chi connectivity index (χ2n) is 7.24. The minimum Gasteiger partial charge on any atom is -0.292 e. The molecular formula is C22H16FN3O3. The number of ketones is 1. The Hall–Kier alpha value is -3.61. The zero-order chi connectivity index (χ0) is 20.1. The molecule has 0 aliphatic carbocycles. The number of nitrogens with zero attached hydrogens (tertiary/aromatic N) is 3. The van der Waals surface area contributed by atoms with Crippen molar-refractivity contribution in [1.82, 2.24) is 5.01 Å². The summed E-state index contributed by atoms with van der Waals surface area (Å²) in [4.78, 5) is 40.9. The number of carbonyl (C=O) groups is 3. The molecule has 0 unspecified atom stereocenters. The van der Waals surface area contributed by atoms with E-state index in [0.717, 1.165) is 11.0 Å². The molecule has 7 heteroatoms. The first-order valence-electron chi connectivity index (χ1n) is 9.29. The van der Waals surface area contributed by atoms with Crippen LogP contribution in [0.4, 0.5) is 10.1 Å². The van der Waals surface area contributed by atoms with Crippen molar-refractivity contribution in [2.75, 3.05) is 4.90 Å². The van der Waals surface area contributed by atoms with E-state index in [-0.39, 0.29) is 11.5 Å². The van der Waals surface area contributed by atoms with E-state index in [2.05, 4.69) is 5.10 Å². The van der Waals surface area contributed by atoms with Gasteiger partial charge in [-0.3, -0.25) is 19.4 Å². The van der Waals surface area contributed by atoms with Crippen molar-refractivity contribution in [2.24, 2.45) is 16.9 Å². The van der Waals surface area contributed by atoms with Crippen LogP contribution >= 0.6 is 0 Å². The molecule has 5 rings (SSSR count). The lowest BCUT2D eigenvalue weighted by molar-refractivity contribution is -0.123. The summed E-state index contributed by atoms with van der Waals surface area (Å²) in [6, 6.07) is 12.6. The lowest BCUT2D eigenvalue weighted by atomic mass is 9.86. The third kappa shape index (κ3) is 2.54. The maximum Gasteiger partial charge on any atom is 0.240 e. The van der Waals surface area contributed by atoms with Gasteiger partial charge in [0.05, 0.1) is 23.6 Å². The summed E-state index contributed by atoms with van der Waals surface area (Å²) in [6.07, 6.45) is 5.03. The van der Waals surface area contributed by atoms with E-state index in [4.69, 9.17) is 0 Å². The number of allylic oxidation sites excluding steroid dienone is 1. The summed E-state index contributed by atoms with van der Waals surface area (Å²) in [6.45, 7) is 0. The van der Waals surface area contributed by atoms with Crippen molar-refractivity contribution in [1.29, 1.82) is 0 Å². The second kappa shape index (κ2) is 6.48. The molecule has 0 aromatic heterocycles. The molecule has 29 heavy (non-hydrogen) atoms. The Morgan fingerprint density at radius 2 is 1.72 bits per heavy atom. The van der Waals surface area contributed by atoms with Crippen LogP contribution < -0.4 is 4.90 Å². The number of hydrogen-bond acceptors (Lipinski definition) is 5. The number of benzene rings is 2. The Labute approximate surface area is 165 Å². The molecule has 144 valence electrons. The van der Waals surface area contributed by atoms with Crippen molar-refractivity contribution in [3.63, 3.8) is 0 Å². The van der Waals surface area contributed by atoms with E-state index < -0.39 is 41.6 Å². The third-order valence-corrected chi connectivity index (χ3v) is 5.68. The standard InChI is InChI=1S/C22H16FN3O3/c23-14-8-4-9-15(12-14)25-21(28)17-16-10-5-11-24-26(16)19(18(17)22(25)29)20(27)13-6-2-1-3-7-13/h1-12,16-19H/t16-,17+,18-,19+/m1/s1. The molecule has 0 saturated carbocycles. The molecule has 3 aliphatic heterocycles. The summed E-state index contributed by atoms with van der Waals surface area (Å²) in [5, 5.41) is 5.86. The summed E-state index contributed by atoms with van der Waals surface area (Å²) < 4.78 is 13.7. The van der Waals surface area contributed by atoms with Crippen LogP contribution in [0.5, 0.6) is 0 Å². The normalized spacial score (nSPS) is 27.3. The quantitative estimate of drug-likeness (QED) is 0.597. The maximum atomic E-state index is 13.7. The van der Waals surface area contributed by atoms with Crippen molar-refractivity contribution in [3.8, 4) is 0 Å². The molecule has 2 saturated heterocycles. The van der Waals surface area contributed by atoms with Gasteiger partial charge in [-0.05, 0) is 24.3 Å². The molecule has 6 nitrogen and oxygen atoms in total. The van der Waals surface area contributed by atoms with Crippen LogP contribution in [0.3, 0.4) is 0 Å². The molecular weight excluding hydrogens is 373 g/mol. The monoisotopic (exact) mass is 389 g/mol. The first kappa shape index (κ1) is 17.5. The van der Waals surface area contributed by atoms with Crippen molar-refractivity contribution in [2.45, 2.75) is 12.1 Å². The van der Waals surface area contributed by atoms with E-state index in [1.54, 1.807) is 53.7 Å². The Morgan fingerprint density at radius 1 is 0.966 bits per heavy atom. The zero-order valence-electron chi connectivity index (χ0n) is 15.2. The van der Waals surface area contributed by atoms with Crippen molar-refractivity contribution in [3.05, 3.63) is 78.1 Å². The number of imide groups is 1. The first-order valence-corrected chi connectivity index (χ1v) is 9.29. The van der Waals surface area contributed by atoms with E-state index in [1.165, 1.54) is 18.2 Å². The minimum atomic E-state index is -0.899. The van der Waals surface area contributed by atoms with Gasteiger partial charge >= 0.3 is 0 Å². The van der Waals surface area contributed by atoms with Crippen LogP contribution in [0.25, 0.3) is 0 Å². The Balaban J connectivity index is 1.59. The number of Topliss-reactive ketones (excluding diaryl/α,β-unsaturated/α-hetero) is 1. The van der Waals surface area contributed by atoms with Gasteiger partial charge in [-0.1, -0.05) is 42.5 Å². The summed E-state index contributed by atoms with van der Waals surface area (Å²) >= 11 is 0. The van der Waals surface area contributed by atoms with E-state index in [0.29, 0.717) is 5.56 Å². The largest absolute Gasteiger partial charge is 0.292 e. The molecule has 0 spiro atoms. The van der Waals surface area contributed by atoms with Crippen LogP contribution in [0.15, 0.2) is 71.9 Å². The average Bonchev–Trinajstić information content (AvgIpc) is 3.21. The molecule has 3 heterocycles. The van der Waals surface area contributed by atoms with E-state index in [9.17, 15) is 18.8 Å². The number of halogens is 1. The highest BCUT2D eigenvalue weighted by Gasteiger charge is 2.64. The Kier molecular flexibility index (Phi) is 3.91. The van der Waals surface area contributed by atoms with Gasteiger partial charge in [0.1, 0.15) is 11.9 Å². The fraction of sp³-hybridized carbons (Fsp3) is 0.182. The van der Waals surface area contributed by atoms with Crippen molar-refractivity contribution < 1.29 is 18.8 Å². The maximum absolute atomic E-state index is 13.7. The average molecular weight is 389 g/mol.